The van der Waals surface area contributed by atoms with Gasteiger partial charge in [-0.25, -0.2) is 4.79 Å². The molecule has 0 aromatic heterocycles. The van der Waals surface area contributed by atoms with E-state index in [-0.39, 0.29) is 23.9 Å². The van der Waals surface area contributed by atoms with Crippen molar-refractivity contribution in [2.24, 2.45) is 0 Å². The van der Waals surface area contributed by atoms with Crippen LogP contribution in [0.4, 0.5) is 10.5 Å². The highest BCUT2D eigenvalue weighted by atomic mass is 32.2. The lowest BCUT2D eigenvalue weighted by Crippen LogP contribution is -2.43. The van der Waals surface area contributed by atoms with Crippen LogP contribution in [0.1, 0.15) is 18.1 Å². The van der Waals surface area contributed by atoms with Crippen LogP contribution in [0.15, 0.2) is 18.2 Å². The van der Waals surface area contributed by atoms with Crippen LogP contribution in [0, 0.1) is 13.8 Å². The van der Waals surface area contributed by atoms with Crippen molar-refractivity contribution in [1.29, 1.82) is 0 Å². The van der Waals surface area contributed by atoms with E-state index in [1.54, 1.807) is 0 Å². The van der Waals surface area contributed by atoms with Crippen molar-refractivity contribution in [2.45, 2.75) is 32.1 Å². The molecule has 0 aliphatic carbocycles. The lowest BCUT2D eigenvalue weighted by Gasteiger charge is -2.21. The minimum absolute atomic E-state index is 0.00403. The van der Waals surface area contributed by atoms with E-state index in [4.69, 9.17) is 0 Å². The number of hydrogen-bond acceptors (Lipinski definition) is 3. The molecule has 1 rings (SSSR count). The first-order valence-electron chi connectivity index (χ1n) is 6.26. The molecule has 0 aliphatic rings. The van der Waals surface area contributed by atoms with E-state index in [1.807, 2.05) is 45.2 Å². The molecule has 5 heteroatoms. The summed E-state index contributed by atoms with van der Waals surface area (Å²) in [5.74, 6) is 0. The molecule has 2 amide bonds. The highest BCUT2D eigenvalue weighted by molar-refractivity contribution is 7.99. The van der Waals surface area contributed by atoms with Gasteiger partial charge in [0.25, 0.3) is 0 Å². The third-order valence-electron chi connectivity index (χ3n) is 3.04. The predicted octanol–water partition coefficient (Wildman–Crippen LogP) is 2.54. The zero-order valence-electron chi connectivity index (χ0n) is 11.9. The fraction of sp³-hybridized carbons (Fsp3) is 0.500. The number of thioether (sulfide) groups is 1. The first-order valence-corrected chi connectivity index (χ1v) is 7.55. The number of nitrogens with one attached hydrogen (secondary N) is 2. The van der Waals surface area contributed by atoms with Gasteiger partial charge in [0, 0.05) is 17.0 Å². The Kier molecular flexibility index (Phi) is 6.18. The maximum atomic E-state index is 11.9. The maximum Gasteiger partial charge on any atom is 0.319 e. The lowest BCUT2D eigenvalue weighted by molar-refractivity contribution is 0.243. The van der Waals surface area contributed by atoms with Gasteiger partial charge in [-0.3, -0.25) is 0 Å². The van der Waals surface area contributed by atoms with E-state index < -0.39 is 0 Å². The highest BCUT2D eigenvalue weighted by Gasteiger charge is 2.17. The summed E-state index contributed by atoms with van der Waals surface area (Å²) in [6.45, 7) is 5.88. The Morgan fingerprint density at radius 3 is 2.68 bits per heavy atom. The molecular weight excluding hydrogens is 260 g/mol. The monoisotopic (exact) mass is 282 g/mol. The van der Waals surface area contributed by atoms with Gasteiger partial charge in [-0.2, -0.15) is 11.8 Å². The summed E-state index contributed by atoms with van der Waals surface area (Å²) in [6, 6.07) is 5.60. The maximum absolute atomic E-state index is 11.9. The van der Waals surface area contributed by atoms with Crippen LogP contribution < -0.4 is 10.6 Å². The molecule has 0 heterocycles. The second-order valence-corrected chi connectivity index (χ2v) is 5.74. The van der Waals surface area contributed by atoms with Gasteiger partial charge in [0.05, 0.1) is 6.61 Å². The van der Waals surface area contributed by atoms with E-state index >= 15 is 0 Å². The second-order valence-electron chi connectivity index (χ2n) is 4.66. The third-order valence-corrected chi connectivity index (χ3v) is 4.20. The molecule has 0 saturated heterocycles. The molecule has 0 fully saturated rings. The zero-order chi connectivity index (χ0) is 14.4. The number of carbonyl (C=O) groups is 1. The summed E-state index contributed by atoms with van der Waals surface area (Å²) in [4.78, 5) is 11.9. The summed E-state index contributed by atoms with van der Waals surface area (Å²) < 4.78 is 0. The van der Waals surface area contributed by atoms with E-state index in [1.165, 1.54) is 11.8 Å². The third kappa shape index (κ3) is 4.76. The molecular formula is C14H22N2O2S. The normalized spacial score (nSPS) is 13.7. The molecule has 4 nitrogen and oxygen atoms in total. The van der Waals surface area contributed by atoms with Gasteiger partial charge >= 0.3 is 6.03 Å². The van der Waals surface area contributed by atoms with Crippen LogP contribution >= 0.6 is 11.8 Å². The van der Waals surface area contributed by atoms with Crippen molar-refractivity contribution in [3.63, 3.8) is 0 Å². The van der Waals surface area contributed by atoms with Crippen LogP contribution in [-0.2, 0) is 0 Å². The van der Waals surface area contributed by atoms with Gasteiger partial charge in [0.2, 0.25) is 0 Å². The van der Waals surface area contributed by atoms with Crippen LogP contribution in [0.25, 0.3) is 0 Å². The smallest absolute Gasteiger partial charge is 0.319 e. The van der Waals surface area contributed by atoms with Crippen LogP contribution in [-0.4, -0.2) is 35.3 Å². The number of anilines is 1. The predicted molar refractivity (Wildman–Crippen MR) is 81.9 cm³/mol. The minimum atomic E-state index is -0.242. The number of amides is 2. The number of hydrogen-bond donors (Lipinski definition) is 3. The molecule has 2 unspecified atom stereocenters. The van der Waals surface area contributed by atoms with Crippen molar-refractivity contribution in [2.75, 3.05) is 18.2 Å². The molecule has 106 valence electrons. The largest absolute Gasteiger partial charge is 0.395 e. The van der Waals surface area contributed by atoms with Crippen molar-refractivity contribution in [3.8, 4) is 0 Å². The Balaban J connectivity index is 2.62. The Labute approximate surface area is 119 Å². The first kappa shape index (κ1) is 15.9. The Morgan fingerprint density at radius 2 is 2.11 bits per heavy atom. The summed E-state index contributed by atoms with van der Waals surface area (Å²) >= 11 is 1.54. The molecule has 0 saturated carbocycles. The fourth-order valence-corrected chi connectivity index (χ4v) is 2.39. The molecule has 1 aromatic rings. The molecule has 1 aromatic carbocycles. The minimum Gasteiger partial charge on any atom is -0.395 e. The van der Waals surface area contributed by atoms with Crippen LogP contribution in [0.5, 0.6) is 0 Å². The number of aliphatic hydroxyl groups is 1. The zero-order valence-corrected chi connectivity index (χ0v) is 12.7. The SMILES string of the molecule is CSC(CO)C(C)NC(=O)Nc1cc(C)ccc1C. The molecule has 2 atom stereocenters. The topological polar surface area (TPSA) is 61.4 Å². The Morgan fingerprint density at radius 1 is 1.42 bits per heavy atom. The molecule has 3 N–H and O–H groups in total. The van der Waals surface area contributed by atoms with E-state index in [9.17, 15) is 9.90 Å². The number of rotatable bonds is 5. The average Bonchev–Trinajstić information content (AvgIpc) is 2.35. The van der Waals surface area contributed by atoms with Crippen LogP contribution in [0.2, 0.25) is 0 Å². The van der Waals surface area contributed by atoms with Gasteiger partial charge in [-0.05, 0) is 44.2 Å². The summed E-state index contributed by atoms with van der Waals surface area (Å²) in [5, 5.41) is 14.9. The van der Waals surface area contributed by atoms with Gasteiger partial charge in [0.15, 0.2) is 0 Å². The average molecular weight is 282 g/mol. The second kappa shape index (κ2) is 7.40. The summed E-state index contributed by atoms with van der Waals surface area (Å²) in [6.07, 6.45) is 1.92. The fourth-order valence-electron chi connectivity index (χ4n) is 1.77. The molecule has 0 aliphatic heterocycles. The van der Waals surface area contributed by atoms with Gasteiger partial charge in [0.1, 0.15) is 0 Å². The number of benzene rings is 1. The van der Waals surface area contributed by atoms with Crippen LogP contribution in [0.3, 0.4) is 0 Å². The Bertz CT molecular complexity index is 433. The van der Waals surface area contributed by atoms with Crippen molar-refractivity contribution < 1.29 is 9.90 Å². The molecule has 0 bridgehead atoms. The van der Waals surface area contributed by atoms with Crippen molar-refractivity contribution in [1.82, 2.24) is 5.32 Å². The van der Waals surface area contributed by atoms with Crippen molar-refractivity contribution in [3.05, 3.63) is 29.3 Å². The van der Waals surface area contributed by atoms with E-state index in [0.717, 1.165) is 16.8 Å². The quantitative estimate of drug-likeness (QED) is 0.778. The van der Waals surface area contributed by atoms with E-state index in [0.29, 0.717) is 0 Å². The number of carbonyl (C=O) groups excluding carboxylic acids is 1. The van der Waals surface area contributed by atoms with Crippen molar-refractivity contribution >= 4 is 23.5 Å². The lowest BCUT2D eigenvalue weighted by atomic mass is 10.1. The molecule has 19 heavy (non-hydrogen) atoms. The number of urea groups is 1. The van der Waals surface area contributed by atoms with Gasteiger partial charge < -0.3 is 15.7 Å². The number of aliphatic hydroxyl groups excluding tert-OH is 1. The van der Waals surface area contributed by atoms with E-state index in [2.05, 4.69) is 10.6 Å². The standard InChI is InChI=1S/C14H22N2O2S/c1-9-5-6-10(2)12(7-9)16-14(18)15-11(3)13(8-17)19-4/h5-7,11,13,17H,8H2,1-4H3,(H2,15,16,18). The number of aryl methyl sites for hydroxylation is 2. The van der Waals surface area contributed by atoms with Gasteiger partial charge in [-0.15, -0.1) is 0 Å². The Hall–Kier alpha value is -1.20. The van der Waals surface area contributed by atoms with Gasteiger partial charge in [-0.1, -0.05) is 12.1 Å². The summed E-state index contributed by atoms with van der Waals surface area (Å²) in [5.41, 5.74) is 2.94. The molecule has 0 spiro atoms. The highest BCUT2D eigenvalue weighted by Crippen LogP contribution is 2.16. The first-order chi connectivity index (χ1) is 8.97. The molecule has 0 radical (unpaired) electrons. The summed E-state index contributed by atoms with van der Waals surface area (Å²) in [7, 11) is 0.